The van der Waals surface area contributed by atoms with E-state index in [4.69, 9.17) is 4.79 Å². The van der Waals surface area contributed by atoms with E-state index in [9.17, 15) is 13.2 Å². The molecule has 0 aromatic rings. The average Bonchev–Trinajstić information content (AvgIpc) is 2.11. The highest BCUT2D eigenvalue weighted by atomic mass is 19.3. The lowest BCUT2D eigenvalue weighted by atomic mass is 10.7. The van der Waals surface area contributed by atoms with Gasteiger partial charge in [0.25, 0.3) is 6.04 Å². The molecule has 1 fully saturated rings. The second-order valence-corrected chi connectivity index (χ2v) is 1.72. The molecule has 0 N–H and O–H groups in total. The number of hydrogen-bond donors (Lipinski definition) is 0. The van der Waals surface area contributed by atoms with E-state index in [-0.39, 0.29) is 6.79 Å². The van der Waals surface area contributed by atoms with Crippen molar-refractivity contribution in [3.8, 4) is 0 Å². The van der Waals surface area contributed by atoms with Gasteiger partial charge in [0, 0.05) is 6.92 Å². The van der Waals surface area contributed by atoms with Gasteiger partial charge in [-0.15, -0.1) is 0 Å². The van der Waals surface area contributed by atoms with Crippen molar-refractivity contribution in [3.63, 3.8) is 0 Å². The van der Waals surface area contributed by atoms with E-state index < -0.39 is 18.8 Å². The van der Waals surface area contributed by atoms with Gasteiger partial charge in [-0.1, -0.05) is 0 Å². The molecule has 3 nitrogen and oxygen atoms in total. The minimum atomic E-state index is -3.03. The molecule has 0 aromatic carbocycles. The van der Waals surface area contributed by atoms with Gasteiger partial charge in [-0.3, -0.25) is 9.53 Å². The smallest absolute Gasteiger partial charge is 0.346 e. The van der Waals surface area contributed by atoms with Crippen LogP contribution in [-0.2, 0) is 14.3 Å². The first-order valence-electron chi connectivity index (χ1n) is 2.69. The van der Waals surface area contributed by atoms with E-state index in [1.807, 2.05) is 0 Å². The molecule has 0 bridgehead atoms. The molecule has 1 saturated heterocycles. The van der Waals surface area contributed by atoms with Gasteiger partial charge >= 0.3 is 6.11 Å². The summed E-state index contributed by atoms with van der Waals surface area (Å²) in [5.41, 5.74) is 0. The maximum absolute atomic E-state index is 11.6. The normalized spacial score (nSPS) is 20.4. The number of hydrogen-bond acceptors (Lipinski definition) is 3. The minimum absolute atomic E-state index is 0.285. The molecule has 0 radical (unpaired) electrons. The molecule has 0 unspecified atom stereocenters. The Kier molecular flexibility index (Phi) is 4.06. The third-order valence-electron chi connectivity index (χ3n) is 0.624. The van der Waals surface area contributed by atoms with Crippen LogP contribution in [0.1, 0.15) is 6.92 Å². The van der Waals surface area contributed by atoms with Gasteiger partial charge in [-0.25, -0.2) is 0 Å². The first-order valence-corrected chi connectivity index (χ1v) is 2.69. The van der Waals surface area contributed by atoms with Crippen molar-refractivity contribution >= 4 is 6.04 Å². The zero-order valence-corrected chi connectivity index (χ0v) is 5.77. The number of carbonyl (C=O) groups is 1. The van der Waals surface area contributed by atoms with Gasteiger partial charge in [-0.05, 0) is 0 Å². The summed E-state index contributed by atoms with van der Waals surface area (Å²) >= 11 is 0. The summed E-state index contributed by atoms with van der Waals surface area (Å²) in [7, 11) is 0. The molecule has 0 atom stereocenters. The molecule has 66 valence electrons. The maximum atomic E-state index is 11.6. The van der Waals surface area contributed by atoms with Crippen molar-refractivity contribution in [1.29, 1.82) is 0 Å². The van der Waals surface area contributed by atoms with Crippen LogP contribution in [0.5, 0.6) is 0 Å². The summed E-state index contributed by atoms with van der Waals surface area (Å²) in [4.78, 5) is 8.78. The van der Waals surface area contributed by atoms with Crippen molar-refractivity contribution < 1.29 is 27.4 Å². The molecule has 6 heteroatoms. The summed E-state index contributed by atoms with van der Waals surface area (Å²) in [6.45, 7) is -0.0278. The second-order valence-electron chi connectivity index (χ2n) is 1.72. The van der Waals surface area contributed by atoms with Crippen molar-refractivity contribution in [1.82, 2.24) is 0 Å². The molecule has 0 saturated carbocycles. The summed E-state index contributed by atoms with van der Waals surface area (Å²) in [6, 6.07) is -1.33. The van der Waals surface area contributed by atoms with Gasteiger partial charge in [0.15, 0.2) is 6.79 Å². The molecule has 1 heterocycles. The fourth-order valence-electron chi connectivity index (χ4n) is 0.330. The first-order chi connectivity index (χ1) is 4.94. The zero-order valence-electron chi connectivity index (χ0n) is 5.77. The highest BCUT2D eigenvalue weighted by Gasteiger charge is 2.35. The fraction of sp³-hybridized carbons (Fsp3) is 0.800. The summed E-state index contributed by atoms with van der Waals surface area (Å²) in [5.74, 6) is 0. The predicted molar refractivity (Wildman–Crippen MR) is 28.6 cm³/mol. The van der Waals surface area contributed by atoms with E-state index in [0.29, 0.717) is 0 Å². The highest BCUT2D eigenvalue weighted by molar-refractivity contribution is 5.64. The number of carbonyl (C=O) groups excluding carboxylic acids is 1. The lowest BCUT2D eigenvalue weighted by Crippen LogP contribution is -2.16. The molecule has 0 spiro atoms. The van der Waals surface area contributed by atoms with Crippen molar-refractivity contribution in [3.05, 3.63) is 0 Å². The third kappa shape index (κ3) is 7.27. The van der Waals surface area contributed by atoms with Crippen LogP contribution in [0, 0.1) is 0 Å². The van der Waals surface area contributed by atoms with Crippen LogP contribution in [0.4, 0.5) is 13.2 Å². The number of rotatable bonds is 0. The lowest BCUT2D eigenvalue weighted by molar-refractivity contribution is -0.197. The summed E-state index contributed by atoms with van der Waals surface area (Å²) in [5, 5.41) is 0. The molecule has 1 rings (SSSR count). The van der Waals surface area contributed by atoms with E-state index in [2.05, 4.69) is 9.47 Å². The SMILES string of the molecule is CC(=O)F.FC1(F)COCO1. The Morgan fingerprint density at radius 3 is 2.09 bits per heavy atom. The Morgan fingerprint density at radius 1 is 1.55 bits per heavy atom. The Morgan fingerprint density at radius 2 is 2.00 bits per heavy atom. The first kappa shape index (κ1) is 10.4. The van der Waals surface area contributed by atoms with E-state index >= 15 is 0 Å². The number of halogens is 3. The topological polar surface area (TPSA) is 35.5 Å². The van der Waals surface area contributed by atoms with Crippen LogP contribution in [-0.4, -0.2) is 25.5 Å². The Bertz CT molecular complexity index is 125. The third-order valence-corrected chi connectivity index (χ3v) is 0.624. The van der Waals surface area contributed by atoms with E-state index in [0.717, 1.165) is 6.92 Å². The van der Waals surface area contributed by atoms with Crippen LogP contribution >= 0.6 is 0 Å². The van der Waals surface area contributed by atoms with Crippen LogP contribution < -0.4 is 0 Å². The second kappa shape index (κ2) is 4.30. The van der Waals surface area contributed by atoms with Crippen molar-refractivity contribution in [2.75, 3.05) is 13.4 Å². The van der Waals surface area contributed by atoms with Crippen LogP contribution in [0.3, 0.4) is 0 Å². The standard InChI is InChI=1S/C3H4F2O2.C2H3FO/c4-3(5)1-6-2-7-3;1-2(3)4/h1-2H2;1H3. The van der Waals surface area contributed by atoms with Crippen LogP contribution in [0.15, 0.2) is 0 Å². The van der Waals surface area contributed by atoms with E-state index in [1.54, 1.807) is 0 Å². The van der Waals surface area contributed by atoms with Crippen LogP contribution in [0.25, 0.3) is 0 Å². The van der Waals surface area contributed by atoms with Gasteiger partial charge in [0.05, 0.1) is 0 Å². The fourth-order valence-corrected chi connectivity index (χ4v) is 0.330. The molecule has 11 heavy (non-hydrogen) atoms. The molecule has 0 aliphatic carbocycles. The molecule has 0 amide bonds. The summed E-state index contributed by atoms with van der Waals surface area (Å²) in [6.07, 6.45) is -3.03. The monoisotopic (exact) mass is 172 g/mol. The quantitative estimate of drug-likeness (QED) is 0.513. The maximum Gasteiger partial charge on any atom is 0.381 e. The minimum Gasteiger partial charge on any atom is -0.346 e. The Balaban J connectivity index is 0.000000218. The van der Waals surface area contributed by atoms with Crippen molar-refractivity contribution in [2.24, 2.45) is 0 Å². The zero-order chi connectivity index (χ0) is 8.91. The lowest BCUT2D eigenvalue weighted by Gasteiger charge is -2.00. The van der Waals surface area contributed by atoms with Gasteiger partial charge in [-0.2, -0.15) is 13.2 Å². The molecule has 1 aliphatic heterocycles. The van der Waals surface area contributed by atoms with Gasteiger partial charge in [0.1, 0.15) is 6.61 Å². The Labute approximate surface area is 61.1 Å². The molecular weight excluding hydrogens is 165 g/mol. The Hall–Kier alpha value is -0.620. The molecule has 1 aliphatic rings. The van der Waals surface area contributed by atoms with Crippen molar-refractivity contribution in [2.45, 2.75) is 13.0 Å². The average molecular weight is 172 g/mol. The van der Waals surface area contributed by atoms with Crippen LogP contribution in [0.2, 0.25) is 0 Å². The predicted octanol–water partition coefficient (Wildman–Crippen LogP) is 1.09. The highest BCUT2D eigenvalue weighted by Crippen LogP contribution is 2.20. The van der Waals surface area contributed by atoms with E-state index in [1.165, 1.54) is 0 Å². The van der Waals surface area contributed by atoms with Gasteiger partial charge in [0.2, 0.25) is 0 Å². The number of alkyl halides is 2. The molecule has 0 aromatic heterocycles. The van der Waals surface area contributed by atoms with Gasteiger partial charge < -0.3 is 4.74 Å². The molecular formula is C5H7F3O3. The summed E-state index contributed by atoms with van der Waals surface area (Å²) < 4.78 is 41.5. The largest absolute Gasteiger partial charge is 0.381 e. The number of ether oxygens (including phenoxy) is 2.